The Morgan fingerprint density at radius 1 is 1.32 bits per heavy atom. The Morgan fingerprint density at radius 3 is 2.53 bits per heavy atom. The highest BCUT2D eigenvalue weighted by molar-refractivity contribution is 5.75. The van der Waals surface area contributed by atoms with Gasteiger partial charge in [-0.05, 0) is 32.6 Å². The zero-order valence-corrected chi connectivity index (χ0v) is 10.9. The molecule has 0 spiro atoms. The van der Waals surface area contributed by atoms with Crippen molar-refractivity contribution >= 4 is 17.6 Å². The molecule has 0 radical (unpaired) electrons. The van der Waals surface area contributed by atoms with Gasteiger partial charge in [0, 0.05) is 18.2 Å². The SMILES string of the molecule is Cc1nc(NC2CCC2)cc(NC2CC2C(=O)O)n1. The molecule has 1 aromatic rings. The van der Waals surface area contributed by atoms with E-state index >= 15 is 0 Å². The number of hydrogen-bond acceptors (Lipinski definition) is 5. The van der Waals surface area contributed by atoms with Crippen LogP contribution in [0, 0.1) is 12.8 Å². The minimum atomic E-state index is -0.740. The summed E-state index contributed by atoms with van der Waals surface area (Å²) in [7, 11) is 0. The van der Waals surface area contributed by atoms with Crippen molar-refractivity contribution in [3.8, 4) is 0 Å². The zero-order chi connectivity index (χ0) is 13.4. The molecule has 1 heterocycles. The van der Waals surface area contributed by atoms with Gasteiger partial charge in [0.2, 0.25) is 0 Å². The predicted octanol–water partition coefficient (Wildman–Crippen LogP) is 1.63. The van der Waals surface area contributed by atoms with Gasteiger partial charge in [0.05, 0.1) is 5.92 Å². The van der Waals surface area contributed by atoms with Crippen LogP contribution in [-0.2, 0) is 4.79 Å². The zero-order valence-electron chi connectivity index (χ0n) is 10.9. The average molecular weight is 262 g/mol. The van der Waals surface area contributed by atoms with E-state index in [1.165, 1.54) is 19.3 Å². The van der Waals surface area contributed by atoms with Gasteiger partial charge in [0.15, 0.2) is 0 Å². The lowest BCUT2D eigenvalue weighted by atomic mass is 9.93. The Hall–Kier alpha value is -1.85. The molecule has 19 heavy (non-hydrogen) atoms. The van der Waals surface area contributed by atoms with Crippen LogP contribution >= 0.6 is 0 Å². The summed E-state index contributed by atoms with van der Waals surface area (Å²) >= 11 is 0. The third-order valence-electron chi connectivity index (χ3n) is 3.74. The van der Waals surface area contributed by atoms with Crippen molar-refractivity contribution in [2.45, 2.75) is 44.7 Å². The van der Waals surface area contributed by atoms with Crippen molar-refractivity contribution in [3.63, 3.8) is 0 Å². The number of rotatable bonds is 5. The van der Waals surface area contributed by atoms with E-state index in [1.54, 1.807) is 0 Å². The highest BCUT2D eigenvalue weighted by Gasteiger charge is 2.43. The first-order valence-electron chi connectivity index (χ1n) is 6.73. The first-order valence-corrected chi connectivity index (χ1v) is 6.73. The number of carboxylic acid groups (broad SMARTS) is 1. The summed E-state index contributed by atoms with van der Waals surface area (Å²) in [6, 6.07) is 2.39. The molecule has 1 aromatic heterocycles. The minimum Gasteiger partial charge on any atom is -0.481 e. The third kappa shape index (κ3) is 2.77. The molecule has 3 rings (SSSR count). The second-order valence-electron chi connectivity index (χ2n) is 5.39. The number of aromatic nitrogens is 2. The Kier molecular flexibility index (Phi) is 3.00. The molecule has 2 atom stereocenters. The average Bonchev–Trinajstić information content (AvgIpc) is 3.02. The molecule has 2 saturated carbocycles. The summed E-state index contributed by atoms with van der Waals surface area (Å²) in [6.07, 6.45) is 4.32. The second-order valence-corrected chi connectivity index (χ2v) is 5.39. The van der Waals surface area contributed by atoms with Crippen LogP contribution in [0.2, 0.25) is 0 Å². The monoisotopic (exact) mass is 262 g/mol. The second kappa shape index (κ2) is 4.68. The van der Waals surface area contributed by atoms with Crippen LogP contribution in [0.15, 0.2) is 6.07 Å². The van der Waals surface area contributed by atoms with Crippen LogP contribution in [0.5, 0.6) is 0 Å². The fraction of sp³-hybridized carbons (Fsp3) is 0.615. The molecule has 0 aliphatic heterocycles. The molecule has 6 nitrogen and oxygen atoms in total. The van der Waals surface area contributed by atoms with Crippen molar-refractivity contribution in [1.29, 1.82) is 0 Å². The summed E-state index contributed by atoms with van der Waals surface area (Å²) < 4.78 is 0. The molecular weight excluding hydrogens is 244 g/mol. The Labute approximate surface area is 111 Å². The van der Waals surface area contributed by atoms with Gasteiger partial charge < -0.3 is 15.7 Å². The quantitative estimate of drug-likeness (QED) is 0.747. The van der Waals surface area contributed by atoms with E-state index in [9.17, 15) is 4.79 Å². The molecule has 3 N–H and O–H groups in total. The normalized spacial score (nSPS) is 25.5. The lowest BCUT2D eigenvalue weighted by Crippen LogP contribution is -2.27. The van der Waals surface area contributed by atoms with Crippen LogP contribution < -0.4 is 10.6 Å². The molecule has 6 heteroatoms. The minimum absolute atomic E-state index is 0.00310. The molecule has 2 unspecified atom stereocenters. The fourth-order valence-electron chi connectivity index (χ4n) is 2.29. The van der Waals surface area contributed by atoms with Gasteiger partial charge >= 0.3 is 5.97 Å². The summed E-state index contributed by atoms with van der Waals surface area (Å²) in [5, 5.41) is 15.4. The highest BCUT2D eigenvalue weighted by Crippen LogP contribution is 2.33. The number of anilines is 2. The van der Waals surface area contributed by atoms with E-state index < -0.39 is 5.97 Å². The summed E-state index contributed by atoms with van der Waals surface area (Å²) in [6.45, 7) is 1.85. The van der Waals surface area contributed by atoms with Crippen molar-refractivity contribution < 1.29 is 9.90 Å². The number of aliphatic carboxylic acids is 1. The predicted molar refractivity (Wildman–Crippen MR) is 71.2 cm³/mol. The topological polar surface area (TPSA) is 87.1 Å². The van der Waals surface area contributed by atoms with Gasteiger partial charge in [-0.25, -0.2) is 9.97 Å². The number of nitrogens with one attached hydrogen (secondary N) is 2. The van der Waals surface area contributed by atoms with E-state index in [0.717, 1.165) is 5.82 Å². The maximum atomic E-state index is 10.8. The van der Waals surface area contributed by atoms with Crippen LogP contribution in [0.25, 0.3) is 0 Å². The van der Waals surface area contributed by atoms with Crippen molar-refractivity contribution in [2.24, 2.45) is 5.92 Å². The molecular formula is C13H18N4O2. The maximum Gasteiger partial charge on any atom is 0.308 e. The van der Waals surface area contributed by atoms with E-state index in [4.69, 9.17) is 5.11 Å². The lowest BCUT2D eigenvalue weighted by Gasteiger charge is -2.27. The summed E-state index contributed by atoms with van der Waals surface area (Å²) in [5.74, 6) is 1.21. The number of nitrogens with zero attached hydrogens (tertiary/aromatic N) is 2. The molecule has 2 aliphatic rings. The maximum absolute atomic E-state index is 10.8. The molecule has 0 saturated heterocycles. The van der Waals surface area contributed by atoms with Crippen molar-refractivity contribution in [3.05, 3.63) is 11.9 Å². The number of carboxylic acids is 1. The van der Waals surface area contributed by atoms with Gasteiger partial charge in [-0.15, -0.1) is 0 Å². The lowest BCUT2D eigenvalue weighted by molar-refractivity contribution is -0.138. The van der Waals surface area contributed by atoms with Crippen molar-refractivity contribution in [1.82, 2.24) is 9.97 Å². The van der Waals surface area contributed by atoms with Crippen LogP contribution in [-0.4, -0.2) is 33.1 Å². The smallest absolute Gasteiger partial charge is 0.308 e. The number of hydrogen-bond donors (Lipinski definition) is 3. The standard InChI is InChI=1S/C13H18N4O2/c1-7-14-11(16-8-3-2-4-8)6-12(15-7)17-10-5-9(10)13(18)19/h6,8-10H,2-5H2,1H3,(H,18,19)(H2,14,15,16,17). The number of aryl methyl sites for hydroxylation is 1. The fourth-order valence-corrected chi connectivity index (χ4v) is 2.29. The molecule has 102 valence electrons. The Bertz CT molecular complexity index is 501. The van der Waals surface area contributed by atoms with E-state index in [0.29, 0.717) is 24.1 Å². The Balaban J connectivity index is 1.65. The molecule has 0 aromatic carbocycles. The van der Waals surface area contributed by atoms with Crippen LogP contribution in [0.1, 0.15) is 31.5 Å². The van der Waals surface area contributed by atoms with E-state index in [-0.39, 0.29) is 12.0 Å². The van der Waals surface area contributed by atoms with Gasteiger partial charge in [0.25, 0.3) is 0 Å². The summed E-state index contributed by atoms with van der Waals surface area (Å²) in [4.78, 5) is 19.5. The molecule has 2 aliphatic carbocycles. The highest BCUT2D eigenvalue weighted by atomic mass is 16.4. The van der Waals surface area contributed by atoms with Crippen LogP contribution in [0.3, 0.4) is 0 Å². The molecule has 0 bridgehead atoms. The Morgan fingerprint density at radius 2 is 2.00 bits per heavy atom. The first-order chi connectivity index (χ1) is 9.11. The molecule has 0 amide bonds. The van der Waals surface area contributed by atoms with Gasteiger partial charge in [-0.3, -0.25) is 4.79 Å². The van der Waals surface area contributed by atoms with Gasteiger partial charge in [-0.1, -0.05) is 0 Å². The van der Waals surface area contributed by atoms with E-state index in [2.05, 4.69) is 20.6 Å². The van der Waals surface area contributed by atoms with E-state index in [1.807, 2.05) is 13.0 Å². The first kappa shape index (κ1) is 12.2. The van der Waals surface area contributed by atoms with Gasteiger partial charge in [0.1, 0.15) is 17.5 Å². The number of carbonyl (C=O) groups is 1. The van der Waals surface area contributed by atoms with Crippen molar-refractivity contribution in [2.75, 3.05) is 10.6 Å². The van der Waals surface area contributed by atoms with Crippen LogP contribution in [0.4, 0.5) is 11.6 Å². The summed E-state index contributed by atoms with van der Waals surface area (Å²) in [5.41, 5.74) is 0. The largest absolute Gasteiger partial charge is 0.481 e. The van der Waals surface area contributed by atoms with Gasteiger partial charge in [-0.2, -0.15) is 0 Å². The third-order valence-corrected chi connectivity index (χ3v) is 3.74. The molecule has 2 fully saturated rings.